The minimum Gasteiger partial charge on any atom is -0.377 e. The van der Waals surface area contributed by atoms with E-state index >= 15 is 0 Å². The number of hydrogen-bond donors (Lipinski definition) is 1. The second-order valence-corrected chi connectivity index (χ2v) is 3.66. The first-order valence-electron chi connectivity index (χ1n) is 4.85. The summed E-state index contributed by atoms with van der Waals surface area (Å²) in [6.07, 6.45) is 3.69. The van der Waals surface area contributed by atoms with Gasteiger partial charge in [-0.05, 0) is 12.8 Å². The van der Waals surface area contributed by atoms with E-state index in [1.54, 1.807) is 0 Å². The molecule has 0 bridgehead atoms. The molecule has 1 spiro atoms. The molecule has 2 rings (SSSR count). The highest BCUT2D eigenvalue weighted by atomic mass is 16.6. The second kappa shape index (κ2) is 3.32. The largest absolute Gasteiger partial charge is 0.377 e. The standard InChI is InChI=1S/C9H17NO2/c1-2-8-3-5-10-9(12-8)4-6-11-7-9/h8,10H,2-7H2,1H3. The van der Waals surface area contributed by atoms with Gasteiger partial charge in [0.2, 0.25) is 0 Å². The Hall–Kier alpha value is -0.120. The van der Waals surface area contributed by atoms with Crippen molar-refractivity contribution in [3.8, 4) is 0 Å². The quantitative estimate of drug-likeness (QED) is 0.635. The fourth-order valence-electron chi connectivity index (χ4n) is 1.95. The predicted octanol–water partition coefficient (Wildman–Crippen LogP) is 0.891. The van der Waals surface area contributed by atoms with Crippen molar-refractivity contribution >= 4 is 0 Å². The molecule has 2 aliphatic heterocycles. The number of rotatable bonds is 1. The fourth-order valence-corrected chi connectivity index (χ4v) is 1.95. The van der Waals surface area contributed by atoms with Gasteiger partial charge in [0.15, 0.2) is 0 Å². The van der Waals surface area contributed by atoms with Crippen LogP contribution in [0, 0.1) is 0 Å². The molecular weight excluding hydrogens is 154 g/mol. The van der Waals surface area contributed by atoms with Gasteiger partial charge in [0, 0.05) is 13.0 Å². The van der Waals surface area contributed by atoms with Crippen LogP contribution in [0.5, 0.6) is 0 Å². The molecule has 0 saturated carbocycles. The van der Waals surface area contributed by atoms with Gasteiger partial charge >= 0.3 is 0 Å². The Morgan fingerprint density at radius 1 is 1.58 bits per heavy atom. The summed E-state index contributed by atoms with van der Waals surface area (Å²) in [5.74, 6) is 0. The zero-order valence-electron chi connectivity index (χ0n) is 7.64. The maximum Gasteiger partial charge on any atom is 0.145 e. The van der Waals surface area contributed by atoms with E-state index in [1.807, 2.05) is 0 Å². The molecule has 0 aliphatic carbocycles. The van der Waals surface area contributed by atoms with E-state index in [2.05, 4.69) is 12.2 Å². The van der Waals surface area contributed by atoms with Crippen molar-refractivity contribution in [2.24, 2.45) is 0 Å². The van der Waals surface area contributed by atoms with Crippen molar-refractivity contribution in [1.82, 2.24) is 5.32 Å². The third-order valence-corrected chi connectivity index (χ3v) is 2.75. The van der Waals surface area contributed by atoms with Gasteiger partial charge in [0.25, 0.3) is 0 Å². The maximum atomic E-state index is 5.95. The summed E-state index contributed by atoms with van der Waals surface area (Å²) in [6.45, 7) is 4.81. The van der Waals surface area contributed by atoms with Crippen LogP contribution in [0.1, 0.15) is 26.2 Å². The molecule has 0 amide bonds. The van der Waals surface area contributed by atoms with Gasteiger partial charge in [-0.15, -0.1) is 0 Å². The average molecular weight is 171 g/mol. The fraction of sp³-hybridized carbons (Fsp3) is 1.00. The molecule has 3 nitrogen and oxygen atoms in total. The zero-order valence-corrected chi connectivity index (χ0v) is 7.64. The summed E-state index contributed by atoms with van der Waals surface area (Å²) in [4.78, 5) is 0. The Labute approximate surface area is 73.4 Å². The summed E-state index contributed by atoms with van der Waals surface area (Å²) in [7, 11) is 0. The molecule has 0 aromatic rings. The first kappa shape index (κ1) is 8.48. The SMILES string of the molecule is CCC1CCNC2(CCOC2)O1. The Balaban J connectivity index is 1.97. The minimum absolute atomic E-state index is 0.126. The summed E-state index contributed by atoms with van der Waals surface area (Å²) < 4.78 is 11.3. The molecule has 1 N–H and O–H groups in total. The molecular formula is C9H17NO2. The first-order chi connectivity index (χ1) is 5.85. The number of nitrogens with one attached hydrogen (secondary N) is 1. The van der Waals surface area contributed by atoms with E-state index in [4.69, 9.17) is 9.47 Å². The van der Waals surface area contributed by atoms with Crippen molar-refractivity contribution in [1.29, 1.82) is 0 Å². The second-order valence-electron chi connectivity index (χ2n) is 3.66. The zero-order chi connectivity index (χ0) is 8.44. The molecule has 2 saturated heterocycles. The lowest BCUT2D eigenvalue weighted by atomic mass is 10.1. The Morgan fingerprint density at radius 3 is 3.17 bits per heavy atom. The Kier molecular flexibility index (Phi) is 2.35. The lowest BCUT2D eigenvalue weighted by molar-refractivity contribution is -0.142. The Morgan fingerprint density at radius 2 is 2.50 bits per heavy atom. The highest BCUT2D eigenvalue weighted by molar-refractivity contribution is 4.87. The van der Waals surface area contributed by atoms with Crippen molar-refractivity contribution in [2.45, 2.75) is 38.0 Å². The molecule has 2 fully saturated rings. The van der Waals surface area contributed by atoms with Crippen molar-refractivity contribution in [3.05, 3.63) is 0 Å². The molecule has 0 radical (unpaired) electrons. The van der Waals surface area contributed by atoms with Crippen molar-refractivity contribution in [3.63, 3.8) is 0 Å². The van der Waals surface area contributed by atoms with Gasteiger partial charge in [0.1, 0.15) is 5.72 Å². The highest BCUT2D eigenvalue weighted by Gasteiger charge is 2.39. The molecule has 12 heavy (non-hydrogen) atoms. The van der Waals surface area contributed by atoms with E-state index in [1.165, 1.54) is 0 Å². The van der Waals surface area contributed by atoms with Crippen LogP contribution in [0.15, 0.2) is 0 Å². The molecule has 2 unspecified atom stereocenters. The van der Waals surface area contributed by atoms with Gasteiger partial charge in [-0.2, -0.15) is 0 Å². The number of hydrogen-bond acceptors (Lipinski definition) is 3. The van der Waals surface area contributed by atoms with E-state index in [9.17, 15) is 0 Å². The van der Waals surface area contributed by atoms with Crippen LogP contribution in [0.4, 0.5) is 0 Å². The van der Waals surface area contributed by atoms with Crippen LogP contribution in [0.25, 0.3) is 0 Å². The van der Waals surface area contributed by atoms with Gasteiger partial charge in [-0.25, -0.2) is 0 Å². The summed E-state index contributed by atoms with van der Waals surface area (Å²) >= 11 is 0. The summed E-state index contributed by atoms with van der Waals surface area (Å²) in [6, 6.07) is 0. The van der Waals surface area contributed by atoms with E-state index < -0.39 is 0 Å². The smallest absolute Gasteiger partial charge is 0.145 e. The number of ether oxygens (including phenoxy) is 2. The van der Waals surface area contributed by atoms with Gasteiger partial charge in [0.05, 0.1) is 19.3 Å². The summed E-state index contributed by atoms with van der Waals surface area (Å²) in [5.41, 5.74) is -0.126. The van der Waals surface area contributed by atoms with Crippen LogP contribution in [0.2, 0.25) is 0 Å². The van der Waals surface area contributed by atoms with Crippen molar-refractivity contribution in [2.75, 3.05) is 19.8 Å². The van der Waals surface area contributed by atoms with Crippen LogP contribution in [-0.4, -0.2) is 31.6 Å². The lowest BCUT2D eigenvalue weighted by Crippen LogP contribution is -2.55. The Bertz CT molecular complexity index is 155. The molecule has 3 heteroatoms. The third-order valence-electron chi connectivity index (χ3n) is 2.75. The molecule has 2 heterocycles. The normalized spacial score (nSPS) is 42.2. The minimum atomic E-state index is -0.126. The molecule has 2 aliphatic rings. The third kappa shape index (κ3) is 1.49. The van der Waals surface area contributed by atoms with Gasteiger partial charge in [-0.1, -0.05) is 6.92 Å². The van der Waals surface area contributed by atoms with Crippen LogP contribution in [0.3, 0.4) is 0 Å². The summed E-state index contributed by atoms with van der Waals surface area (Å²) in [5, 5.41) is 3.41. The lowest BCUT2D eigenvalue weighted by Gasteiger charge is -2.38. The van der Waals surface area contributed by atoms with Crippen LogP contribution >= 0.6 is 0 Å². The van der Waals surface area contributed by atoms with Gasteiger partial charge < -0.3 is 9.47 Å². The van der Waals surface area contributed by atoms with Crippen molar-refractivity contribution < 1.29 is 9.47 Å². The van der Waals surface area contributed by atoms with E-state index in [0.29, 0.717) is 6.10 Å². The van der Waals surface area contributed by atoms with E-state index in [0.717, 1.165) is 39.0 Å². The molecule has 0 aromatic heterocycles. The van der Waals surface area contributed by atoms with Crippen LogP contribution < -0.4 is 5.32 Å². The maximum absolute atomic E-state index is 5.95. The van der Waals surface area contributed by atoms with Crippen LogP contribution in [-0.2, 0) is 9.47 Å². The highest BCUT2D eigenvalue weighted by Crippen LogP contribution is 2.26. The topological polar surface area (TPSA) is 30.5 Å². The molecule has 0 aromatic carbocycles. The molecule has 2 atom stereocenters. The van der Waals surface area contributed by atoms with Gasteiger partial charge in [-0.3, -0.25) is 5.32 Å². The molecule has 70 valence electrons. The monoisotopic (exact) mass is 171 g/mol. The predicted molar refractivity (Wildman–Crippen MR) is 46.0 cm³/mol. The van der Waals surface area contributed by atoms with E-state index in [-0.39, 0.29) is 5.72 Å². The first-order valence-corrected chi connectivity index (χ1v) is 4.85. The average Bonchev–Trinajstić information content (AvgIpc) is 2.53.